The molecule has 0 saturated carbocycles. The fourth-order valence-corrected chi connectivity index (χ4v) is 2.75. The molecule has 0 spiro atoms. The van der Waals surface area contributed by atoms with Crippen LogP contribution in [0.15, 0.2) is 66.7 Å². The Labute approximate surface area is 146 Å². The lowest BCUT2D eigenvalue weighted by Crippen LogP contribution is -2.32. The minimum atomic E-state index is -0.574. The van der Waals surface area contributed by atoms with E-state index in [-0.39, 0.29) is 5.91 Å². The van der Waals surface area contributed by atoms with Gasteiger partial charge < -0.3 is 10.1 Å². The van der Waals surface area contributed by atoms with Crippen molar-refractivity contribution in [2.45, 2.75) is 19.4 Å². The molecule has 1 N–H and O–H groups in total. The molecular formula is C20H18ClNO2. The minimum Gasteiger partial charge on any atom is -0.480 e. The molecule has 0 saturated heterocycles. The van der Waals surface area contributed by atoms with Crippen molar-refractivity contribution in [2.75, 3.05) is 5.32 Å². The first-order valence-electron chi connectivity index (χ1n) is 7.88. The van der Waals surface area contributed by atoms with E-state index in [1.165, 1.54) is 0 Å². The largest absolute Gasteiger partial charge is 0.480 e. The average Bonchev–Trinajstić information content (AvgIpc) is 2.59. The summed E-state index contributed by atoms with van der Waals surface area (Å²) >= 11 is 5.95. The zero-order chi connectivity index (χ0) is 16.9. The highest BCUT2D eigenvalue weighted by Gasteiger charge is 2.19. The molecule has 122 valence electrons. The van der Waals surface area contributed by atoms with Crippen LogP contribution in [-0.2, 0) is 4.79 Å². The van der Waals surface area contributed by atoms with Crippen molar-refractivity contribution in [2.24, 2.45) is 0 Å². The fraction of sp³-hybridized carbons (Fsp3) is 0.150. The molecule has 3 nitrogen and oxygen atoms in total. The van der Waals surface area contributed by atoms with Gasteiger partial charge in [0.25, 0.3) is 5.91 Å². The molecule has 24 heavy (non-hydrogen) atoms. The van der Waals surface area contributed by atoms with Crippen LogP contribution in [0, 0.1) is 0 Å². The van der Waals surface area contributed by atoms with Gasteiger partial charge >= 0.3 is 0 Å². The van der Waals surface area contributed by atoms with E-state index in [1.807, 2.05) is 49.4 Å². The Kier molecular flexibility index (Phi) is 5.02. The quantitative estimate of drug-likeness (QED) is 0.686. The normalized spacial score (nSPS) is 11.9. The van der Waals surface area contributed by atoms with Crippen LogP contribution >= 0.6 is 11.6 Å². The number of anilines is 1. The molecule has 0 heterocycles. The molecular weight excluding hydrogens is 322 g/mol. The van der Waals surface area contributed by atoms with Crippen LogP contribution in [0.3, 0.4) is 0 Å². The molecule has 0 fully saturated rings. The van der Waals surface area contributed by atoms with Gasteiger partial charge in [0.2, 0.25) is 0 Å². The van der Waals surface area contributed by atoms with Gasteiger partial charge in [0.1, 0.15) is 5.75 Å². The number of hydrogen-bond donors (Lipinski definition) is 1. The average molecular weight is 340 g/mol. The van der Waals surface area contributed by atoms with Crippen molar-refractivity contribution in [3.63, 3.8) is 0 Å². The van der Waals surface area contributed by atoms with Crippen molar-refractivity contribution in [3.05, 3.63) is 71.8 Å². The molecule has 1 unspecified atom stereocenters. The Morgan fingerprint density at radius 2 is 1.83 bits per heavy atom. The van der Waals surface area contributed by atoms with Gasteiger partial charge in [-0.25, -0.2) is 0 Å². The second-order valence-corrected chi connectivity index (χ2v) is 5.93. The van der Waals surface area contributed by atoms with Gasteiger partial charge in [-0.15, -0.1) is 0 Å². The first-order valence-corrected chi connectivity index (χ1v) is 8.26. The molecule has 0 aromatic heterocycles. The number of fused-ring (bicyclic) bond motifs is 1. The summed E-state index contributed by atoms with van der Waals surface area (Å²) in [4.78, 5) is 12.5. The zero-order valence-corrected chi connectivity index (χ0v) is 14.1. The maximum absolute atomic E-state index is 12.5. The zero-order valence-electron chi connectivity index (χ0n) is 13.3. The summed E-state index contributed by atoms with van der Waals surface area (Å²) in [6.45, 7) is 1.92. The maximum Gasteiger partial charge on any atom is 0.265 e. The summed E-state index contributed by atoms with van der Waals surface area (Å²) in [5.74, 6) is 0.522. The molecule has 3 rings (SSSR count). The Morgan fingerprint density at radius 1 is 1.08 bits per heavy atom. The summed E-state index contributed by atoms with van der Waals surface area (Å²) in [6, 6.07) is 20.9. The van der Waals surface area contributed by atoms with Crippen LogP contribution in [0.2, 0.25) is 5.02 Å². The Balaban J connectivity index is 1.79. The lowest BCUT2D eigenvalue weighted by Gasteiger charge is -2.18. The summed E-state index contributed by atoms with van der Waals surface area (Å²) in [5.41, 5.74) is 0.660. The number of carbonyl (C=O) groups excluding carboxylic acids is 1. The van der Waals surface area contributed by atoms with Crippen molar-refractivity contribution >= 4 is 34.0 Å². The topological polar surface area (TPSA) is 38.3 Å². The molecule has 0 aliphatic rings. The van der Waals surface area contributed by atoms with Gasteiger partial charge in [0.15, 0.2) is 6.10 Å². The number of halogens is 1. The van der Waals surface area contributed by atoms with E-state index in [0.29, 0.717) is 22.9 Å². The van der Waals surface area contributed by atoms with Crippen LogP contribution in [0.25, 0.3) is 10.8 Å². The number of rotatable bonds is 5. The Morgan fingerprint density at radius 3 is 2.62 bits per heavy atom. The molecule has 3 aromatic rings. The van der Waals surface area contributed by atoms with E-state index in [9.17, 15) is 4.79 Å². The van der Waals surface area contributed by atoms with Crippen molar-refractivity contribution < 1.29 is 9.53 Å². The van der Waals surface area contributed by atoms with Crippen molar-refractivity contribution in [1.29, 1.82) is 0 Å². The van der Waals surface area contributed by atoms with Crippen molar-refractivity contribution in [1.82, 2.24) is 0 Å². The number of carbonyl (C=O) groups is 1. The highest BCUT2D eigenvalue weighted by Crippen LogP contribution is 2.27. The van der Waals surface area contributed by atoms with Gasteiger partial charge in [0, 0.05) is 16.1 Å². The molecule has 3 aromatic carbocycles. The third-order valence-electron chi connectivity index (χ3n) is 3.77. The SMILES string of the molecule is CCC(Oc1cccc2ccccc12)C(=O)Nc1cccc(Cl)c1. The van der Waals surface area contributed by atoms with E-state index in [0.717, 1.165) is 10.8 Å². The van der Waals surface area contributed by atoms with Crippen molar-refractivity contribution in [3.8, 4) is 5.75 Å². The first-order chi connectivity index (χ1) is 11.7. The molecule has 1 amide bonds. The first kappa shape index (κ1) is 16.3. The maximum atomic E-state index is 12.5. The van der Waals surface area contributed by atoms with E-state index in [2.05, 4.69) is 5.32 Å². The molecule has 4 heteroatoms. The second kappa shape index (κ2) is 7.37. The van der Waals surface area contributed by atoms with E-state index >= 15 is 0 Å². The lowest BCUT2D eigenvalue weighted by molar-refractivity contribution is -0.122. The second-order valence-electron chi connectivity index (χ2n) is 5.49. The molecule has 0 aliphatic heterocycles. The highest BCUT2D eigenvalue weighted by atomic mass is 35.5. The number of amides is 1. The predicted molar refractivity (Wildman–Crippen MR) is 98.7 cm³/mol. The van der Waals surface area contributed by atoms with Gasteiger partial charge in [-0.1, -0.05) is 61.0 Å². The van der Waals surface area contributed by atoms with E-state index in [1.54, 1.807) is 24.3 Å². The standard InChI is InChI=1S/C20H18ClNO2/c1-2-18(20(23)22-16-10-6-9-15(21)13-16)24-19-12-5-8-14-7-3-4-11-17(14)19/h3-13,18H,2H2,1H3,(H,22,23). The summed E-state index contributed by atoms with van der Waals surface area (Å²) in [7, 11) is 0. The smallest absolute Gasteiger partial charge is 0.265 e. The fourth-order valence-electron chi connectivity index (χ4n) is 2.56. The van der Waals surface area contributed by atoms with E-state index < -0.39 is 6.10 Å². The number of hydrogen-bond acceptors (Lipinski definition) is 2. The predicted octanol–water partition coefficient (Wildman–Crippen LogP) is 5.29. The monoisotopic (exact) mass is 339 g/mol. The number of nitrogens with one attached hydrogen (secondary N) is 1. The van der Waals surface area contributed by atoms with Crippen LogP contribution in [0.4, 0.5) is 5.69 Å². The molecule has 0 radical (unpaired) electrons. The van der Waals surface area contributed by atoms with Crippen LogP contribution in [-0.4, -0.2) is 12.0 Å². The van der Waals surface area contributed by atoms with Gasteiger partial charge in [0.05, 0.1) is 0 Å². The summed E-state index contributed by atoms with van der Waals surface area (Å²) in [5, 5.41) is 5.51. The lowest BCUT2D eigenvalue weighted by atomic mass is 10.1. The van der Waals surface area contributed by atoms with Crippen LogP contribution in [0.1, 0.15) is 13.3 Å². The van der Waals surface area contributed by atoms with Gasteiger partial charge in [-0.3, -0.25) is 4.79 Å². The number of ether oxygens (including phenoxy) is 1. The molecule has 0 bridgehead atoms. The van der Waals surface area contributed by atoms with Crippen LogP contribution < -0.4 is 10.1 Å². The van der Waals surface area contributed by atoms with E-state index in [4.69, 9.17) is 16.3 Å². The molecule has 1 atom stereocenters. The number of benzene rings is 3. The Hall–Kier alpha value is -2.52. The summed E-state index contributed by atoms with van der Waals surface area (Å²) < 4.78 is 6.00. The third-order valence-corrected chi connectivity index (χ3v) is 4.01. The highest BCUT2D eigenvalue weighted by molar-refractivity contribution is 6.30. The molecule has 0 aliphatic carbocycles. The summed E-state index contributed by atoms with van der Waals surface area (Å²) in [6.07, 6.45) is -0.00917. The van der Waals surface area contributed by atoms with Gasteiger partial charge in [-0.05, 0) is 36.1 Å². The van der Waals surface area contributed by atoms with Gasteiger partial charge in [-0.2, -0.15) is 0 Å². The third kappa shape index (κ3) is 3.69. The van der Waals surface area contributed by atoms with Crippen LogP contribution in [0.5, 0.6) is 5.75 Å². The Bertz CT molecular complexity index is 858. The minimum absolute atomic E-state index is 0.187.